The van der Waals surface area contributed by atoms with Crippen molar-refractivity contribution < 1.29 is 23.9 Å². The lowest BCUT2D eigenvalue weighted by molar-refractivity contribution is 0.0222. The lowest BCUT2D eigenvalue weighted by Gasteiger charge is -2.30. The Morgan fingerprint density at radius 3 is 2.09 bits per heavy atom. The number of para-hydroxylation sites is 2. The SMILES string of the molecule is Cn1c(C(=O)Nc2ccccc2NC(=O)OC(C)(C)C)cc2c1CCN(C(=O)OC(C)(C)C)C2. The van der Waals surface area contributed by atoms with Gasteiger partial charge in [0, 0.05) is 25.7 Å². The second kappa shape index (κ2) is 9.40. The molecule has 9 heteroatoms. The Morgan fingerprint density at radius 1 is 0.912 bits per heavy atom. The van der Waals surface area contributed by atoms with E-state index in [1.54, 1.807) is 56.0 Å². The topological polar surface area (TPSA) is 102 Å². The molecule has 0 bridgehead atoms. The van der Waals surface area contributed by atoms with Gasteiger partial charge in [-0.1, -0.05) is 12.1 Å². The third-order valence-electron chi connectivity index (χ3n) is 5.12. The van der Waals surface area contributed by atoms with Crippen LogP contribution in [0.5, 0.6) is 0 Å². The van der Waals surface area contributed by atoms with Crippen molar-refractivity contribution >= 4 is 29.5 Å². The fourth-order valence-corrected chi connectivity index (χ4v) is 3.70. The van der Waals surface area contributed by atoms with E-state index in [1.807, 2.05) is 32.4 Å². The van der Waals surface area contributed by atoms with Crippen molar-refractivity contribution in [3.05, 3.63) is 47.3 Å². The van der Waals surface area contributed by atoms with E-state index in [4.69, 9.17) is 9.47 Å². The number of nitrogens with zero attached hydrogens (tertiary/aromatic N) is 2. The van der Waals surface area contributed by atoms with Gasteiger partial charge in [-0.2, -0.15) is 0 Å². The average molecular weight is 471 g/mol. The Balaban J connectivity index is 1.74. The van der Waals surface area contributed by atoms with E-state index in [-0.39, 0.29) is 12.0 Å². The maximum absolute atomic E-state index is 13.1. The predicted octanol–water partition coefficient (Wildman–Crippen LogP) is 4.92. The van der Waals surface area contributed by atoms with Crippen LogP contribution in [0.25, 0.3) is 0 Å². The highest BCUT2D eigenvalue weighted by Crippen LogP contribution is 2.26. The standard InChI is InChI=1S/C25H34N4O5/c1-24(2,3)33-22(31)27-18-11-9-8-10-17(18)26-21(30)20-14-16-15-29(13-12-19(16)28(20)7)23(32)34-25(4,5)6/h8-11,14H,12-13,15H2,1-7H3,(H,26,30)(H,27,31). The fourth-order valence-electron chi connectivity index (χ4n) is 3.70. The van der Waals surface area contributed by atoms with Crippen molar-refractivity contribution in [3.8, 4) is 0 Å². The van der Waals surface area contributed by atoms with Crippen molar-refractivity contribution in [1.82, 2.24) is 9.47 Å². The van der Waals surface area contributed by atoms with Gasteiger partial charge < -0.3 is 24.3 Å². The molecule has 0 fully saturated rings. The number of benzene rings is 1. The molecule has 0 atom stereocenters. The Labute approximate surface area is 200 Å². The number of hydrogen-bond donors (Lipinski definition) is 2. The Hall–Kier alpha value is -3.49. The molecule has 3 amide bonds. The summed E-state index contributed by atoms with van der Waals surface area (Å²) in [4.78, 5) is 39.5. The Morgan fingerprint density at radius 2 is 1.50 bits per heavy atom. The summed E-state index contributed by atoms with van der Waals surface area (Å²) < 4.78 is 12.6. The lowest BCUT2D eigenvalue weighted by Crippen LogP contribution is -2.40. The zero-order chi connectivity index (χ0) is 25.3. The molecule has 9 nitrogen and oxygen atoms in total. The van der Waals surface area contributed by atoms with E-state index < -0.39 is 17.3 Å². The van der Waals surface area contributed by atoms with E-state index in [2.05, 4.69) is 10.6 Å². The van der Waals surface area contributed by atoms with E-state index in [0.29, 0.717) is 36.6 Å². The molecule has 34 heavy (non-hydrogen) atoms. The minimum Gasteiger partial charge on any atom is -0.444 e. The molecule has 1 aliphatic heterocycles. The zero-order valence-corrected chi connectivity index (χ0v) is 20.9. The van der Waals surface area contributed by atoms with Crippen molar-refractivity contribution in [3.63, 3.8) is 0 Å². The number of aromatic nitrogens is 1. The van der Waals surface area contributed by atoms with Gasteiger partial charge in [0.25, 0.3) is 5.91 Å². The largest absolute Gasteiger partial charge is 0.444 e. The minimum absolute atomic E-state index is 0.320. The van der Waals surface area contributed by atoms with Crippen LogP contribution in [-0.2, 0) is 29.5 Å². The second-order valence-electron chi connectivity index (χ2n) is 10.3. The first-order chi connectivity index (χ1) is 15.7. The van der Waals surface area contributed by atoms with Gasteiger partial charge in [0.2, 0.25) is 0 Å². The number of carbonyl (C=O) groups excluding carboxylic acids is 3. The molecule has 0 spiro atoms. The van der Waals surface area contributed by atoms with Crippen LogP contribution in [-0.4, -0.2) is 45.3 Å². The third-order valence-corrected chi connectivity index (χ3v) is 5.12. The monoisotopic (exact) mass is 470 g/mol. The van der Waals surface area contributed by atoms with Crippen LogP contribution in [0.1, 0.15) is 63.3 Å². The molecular formula is C25H34N4O5. The van der Waals surface area contributed by atoms with E-state index in [1.165, 1.54) is 0 Å². The van der Waals surface area contributed by atoms with Crippen LogP contribution in [0.4, 0.5) is 21.0 Å². The molecule has 0 aliphatic carbocycles. The molecule has 2 N–H and O–H groups in total. The first-order valence-corrected chi connectivity index (χ1v) is 11.3. The summed E-state index contributed by atoms with van der Waals surface area (Å²) in [5, 5.41) is 5.56. The molecule has 184 valence electrons. The van der Waals surface area contributed by atoms with Crippen LogP contribution < -0.4 is 10.6 Å². The molecule has 0 unspecified atom stereocenters. The summed E-state index contributed by atoms with van der Waals surface area (Å²) in [5.41, 5.74) is 2.04. The maximum Gasteiger partial charge on any atom is 0.412 e. The van der Waals surface area contributed by atoms with E-state index >= 15 is 0 Å². The number of anilines is 2. The quantitative estimate of drug-likeness (QED) is 0.663. The summed E-state index contributed by atoms with van der Waals surface area (Å²) in [6.45, 7) is 11.7. The summed E-state index contributed by atoms with van der Waals surface area (Å²) >= 11 is 0. The highest BCUT2D eigenvalue weighted by molar-refractivity contribution is 6.06. The van der Waals surface area contributed by atoms with E-state index in [9.17, 15) is 14.4 Å². The highest BCUT2D eigenvalue weighted by atomic mass is 16.6. The van der Waals surface area contributed by atoms with Gasteiger partial charge in [0.05, 0.1) is 17.9 Å². The Kier molecular flexibility index (Phi) is 6.95. The zero-order valence-electron chi connectivity index (χ0n) is 20.9. The number of amides is 3. The van der Waals surface area contributed by atoms with Gasteiger partial charge in [0.1, 0.15) is 16.9 Å². The number of nitrogens with one attached hydrogen (secondary N) is 2. The molecule has 1 aliphatic rings. The normalized spacial score (nSPS) is 13.7. The molecule has 1 aromatic carbocycles. The van der Waals surface area contributed by atoms with Crippen LogP contribution >= 0.6 is 0 Å². The van der Waals surface area contributed by atoms with Gasteiger partial charge in [0.15, 0.2) is 0 Å². The van der Waals surface area contributed by atoms with Gasteiger partial charge in [-0.05, 0) is 65.3 Å². The third kappa shape index (κ3) is 6.30. The molecule has 3 rings (SSSR count). The summed E-state index contributed by atoms with van der Waals surface area (Å²) in [6.07, 6.45) is -0.351. The first-order valence-electron chi connectivity index (χ1n) is 11.3. The smallest absolute Gasteiger partial charge is 0.412 e. The molecule has 2 heterocycles. The van der Waals surface area contributed by atoms with Gasteiger partial charge in [-0.25, -0.2) is 9.59 Å². The molecule has 1 aromatic heterocycles. The second-order valence-corrected chi connectivity index (χ2v) is 10.3. The lowest BCUT2D eigenvalue weighted by atomic mass is 10.1. The molecule has 0 radical (unpaired) electrons. The van der Waals surface area contributed by atoms with Crippen LogP contribution in [0.15, 0.2) is 30.3 Å². The fraction of sp³-hybridized carbons (Fsp3) is 0.480. The number of hydrogen-bond acceptors (Lipinski definition) is 5. The van der Waals surface area contributed by atoms with Crippen LogP contribution in [0, 0.1) is 0 Å². The van der Waals surface area contributed by atoms with E-state index in [0.717, 1.165) is 11.3 Å². The van der Waals surface area contributed by atoms with Crippen molar-refractivity contribution in [1.29, 1.82) is 0 Å². The molecular weight excluding hydrogens is 436 g/mol. The molecule has 2 aromatic rings. The van der Waals surface area contributed by atoms with Gasteiger partial charge in [-0.15, -0.1) is 0 Å². The Bertz CT molecular complexity index is 1090. The molecule has 0 saturated heterocycles. The first kappa shape index (κ1) is 25.1. The predicted molar refractivity (Wildman–Crippen MR) is 130 cm³/mol. The van der Waals surface area contributed by atoms with Crippen molar-refractivity contribution in [2.24, 2.45) is 7.05 Å². The van der Waals surface area contributed by atoms with Crippen LogP contribution in [0.2, 0.25) is 0 Å². The van der Waals surface area contributed by atoms with Crippen molar-refractivity contribution in [2.75, 3.05) is 17.2 Å². The summed E-state index contributed by atoms with van der Waals surface area (Å²) in [7, 11) is 1.84. The van der Waals surface area contributed by atoms with Gasteiger partial charge >= 0.3 is 12.2 Å². The number of rotatable bonds is 3. The maximum atomic E-state index is 13.1. The number of fused-ring (bicyclic) bond motifs is 1. The average Bonchev–Trinajstić information content (AvgIpc) is 3.03. The van der Waals surface area contributed by atoms with Crippen molar-refractivity contribution in [2.45, 2.75) is 65.7 Å². The number of carbonyl (C=O) groups is 3. The highest BCUT2D eigenvalue weighted by Gasteiger charge is 2.29. The van der Waals surface area contributed by atoms with Gasteiger partial charge in [-0.3, -0.25) is 10.1 Å². The summed E-state index contributed by atoms with van der Waals surface area (Å²) in [5.74, 6) is -0.320. The number of ether oxygens (including phenoxy) is 2. The summed E-state index contributed by atoms with van der Waals surface area (Å²) in [6, 6.07) is 8.72. The van der Waals surface area contributed by atoms with Crippen LogP contribution in [0.3, 0.4) is 0 Å². The molecule has 0 saturated carbocycles. The minimum atomic E-state index is -0.641.